The van der Waals surface area contributed by atoms with Gasteiger partial charge in [-0.2, -0.15) is 0 Å². The van der Waals surface area contributed by atoms with Crippen LogP contribution in [0.25, 0.3) is 0 Å². The minimum Gasteiger partial charge on any atom is -0.399 e. The lowest BCUT2D eigenvalue weighted by atomic mass is 9.92. The van der Waals surface area contributed by atoms with Gasteiger partial charge in [-0.25, -0.2) is 0 Å². The van der Waals surface area contributed by atoms with Crippen molar-refractivity contribution < 1.29 is 9.90 Å². The lowest BCUT2D eigenvalue weighted by Crippen LogP contribution is -2.46. The molecule has 1 atom stereocenters. The van der Waals surface area contributed by atoms with E-state index in [1.165, 1.54) is 0 Å². The Morgan fingerprint density at radius 1 is 1.15 bits per heavy atom. The summed E-state index contributed by atoms with van der Waals surface area (Å²) in [6.07, 6.45) is 0. The maximum absolute atomic E-state index is 12.2. The van der Waals surface area contributed by atoms with Crippen LogP contribution in [0.2, 0.25) is 0 Å². The van der Waals surface area contributed by atoms with Crippen LogP contribution in [0.15, 0.2) is 54.6 Å². The van der Waals surface area contributed by atoms with E-state index in [4.69, 9.17) is 5.73 Å². The van der Waals surface area contributed by atoms with Crippen molar-refractivity contribution in [2.75, 3.05) is 12.3 Å². The van der Waals surface area contributed by atoms with E-state index in [1.807, 2.05) is 30.3 Å². The Balaban J connectivity index is 2.22. The summed E-state index contributed by atoms with van der Waals surface area (Å²) in [4.78, 5) is 12.2. The van der Waals surface area contributed by atoms with Crippen molar-refractivity contribution in [1.82, 2.24) is 5.32 Å². The molecule has 2 aromatic rings. The van der Waals surface area contributed by atoms with Crippen LogP contribution in [0, 0.1) is 0 Å². The van der Waals surface area contributed by atoms with Crippen LogP contribution in [0.4, 0.5) is 5.69 Å². The van der Waals surface area contributed by atoms with Crippen LogP contribution in [0.3, 0.4) is 0 Å². The smallest absolute Gasteiger partial charge is 0.252 e. The van der Waals surface area contributed by atoms with Gasteiger partial charge in [-0.1, -0.05) is 30.3 Å². The third kappa shape index (κ3) is 2.97. The first-order valence-electron chi connectivity index (χ1n) is 6.39. The largest absolute Gasteiger partial charge is 0.399 e. The van der Waals surface area contributed by atoms with E-state index in [9.17, 15) is 9.90 Å². The molecule has 0 aliphatic heterocycles. The fraction of sp³-hybridized carbons (Fsp3) is 0.188. The van der Waals surface area contributed by atoms with Gasteiger partial charge < -0.3 is 16.2 Å². The molecule has 0 bridgehead atoms. The fourth-order valence-corrected chi connectivity index (χ4v) is 1.97. The predicted molar refractivity (Wildman–Crippen MR) is 79.2 cm³/mol. The Labute approximate surface area is 118 Å². The second-order valence-corrected chi connectivity index (χ2v) is 4.93. The summed E-state index contributed by atoms with van der Waals surface area (Å²) < 4.78 is 0. The zero-order valence-corrected chi connectivity index (χ0v) is 11.3. The molecule has 2 aromatic carbocycles. The van der Waals surface area contributed by atoms with E-state index in [0.717, 1.165) is 5.56 Å². The maximum Gasteiger partial charge on any atom is 0.252 e. The van der Waals surface area contributed by atoms with Crippen molar-refractivity contribution in [2.24, 2.45) is 0 Å². The third-order valence-electron chi connectivity index (χ3n) is 3.29. The molecule has 4 heteroatoms. The van der Waals surface area contributed by atoms with Gasteiger partial charge in [0.1, 0.15) is 0 Å². The highest BCUT2D eigenvalue weighted by atomic mass is 16.3. The zero-order chi connectivity index (χ0) is 14.6. The quantitative estimate of drug-likeness (QED) is 0.743. The Kier molecular flexibility index (Phi) is 4.05. The maximum atomic E-state index is 12.2. The van der Waals surface area contributed by atoms with Gasteiger partial charge in [-0.05, 0) is 36.8 Å². The molecule has 0 aliphatic carbocycles. The number of carbonyl (C=O) groups is 1. The number of amides is 1. The first-order chi connectivity index (χ1) is 9.55. The van der Waals surface area contributed by atoms with Gasteiger partial charge in [0.05, 0.1) is 12.1 Å². The highest BCUT2D eigenvalue weighted by Crippen LogP contribution is 2.20. The van der Waals surface area contributed by atoms with Gasteiger partial charge in [0.2, 0.25) is 0 Å². The van der Waals surface area contributed by atoms with E-state index in [-0.39, 0.29) is 12.5 Å². The average molecular weight is 270 g/mol. The van der Waals surface area contributed by atoms with Crippen molar-refractivity contribution in [3.05, 3.63) is 65.7 Å². The summed E-state index contributed by atoms with van der Waals surface area (Å²) in [7, 11) is 0. The molecule has 0 fully saturated rings. The molecule has 1 amide bonds. The van der Waals surface area contributed by atoms with Crippen LogP contribution in [0.5, 0.6) is 0 Å². The number of aliphatic hydroxyl groups is 1. The van der Waals surface area contributed by atoms with Crippen molar-refractivity contribution in [3.63, 3.8) is 0 Å². The van der Waals surface area contributed by atoms with E-state index in [2.05, 4.69) is 5.32 Å². The van der Waals surface area contributed by atoms with Crippen LogP contribution in [0.1, 0.15) is 22.8 Å². The zero-order valence-electron chi connectivity index (χ0n) is 11.3. The van der Waals surface area contributed by atoms with Gasteiger partial charge >= 0.3 is 0 Å². The number of carbonyl (C=O) groups excluding carboxylic acids is 1. The molecular formula is C16H18N2O2. The lowest BCUT2D eigenvalue weighted by Gasteiger charge is -2.29. The number of hydrogen-bond donors (Lipinski definition) is 3. The second kappa shape index (κ2) is 5.75. The van der Waals surface area contributed by atoms with Gasteiger partial charge in [-0.3, -0.25) is 4.79 Å². The first kappa shape index (κ1) is 14.1. The molecular weight excluding hydrogens is 252 g/mol. The number of aliphatic hydroxyl groups excluding tert-OH is 1. The third-order valence-corrected chi connectivity index (χ3v) is 3.29. The SMILES string of the molecule is CC(CO)(NC(=O)c1ccc(N)cc1)c1ccccc1. The molecule has 0 saturated carbocycles. The average Bonchev–Trinajstić information content (AvgIpc) is 2.48. The lowest BCUT2D eigenvalue weighted by molar-refractivity contribution is 0.0849. The molecule has 0 aliphatic rings. The summed E-state index contributed by atoms with van der Waals surface area (Å²) in [6.45, 7) is 1.61. The summed E-state index contributed by atoms with van der Waals surface area (Å²) in [5, 5.41) is 12.5. The van der Waals surface area contributed by atoms with Gasteiger partial charge in [-0.15, -0.1) is 0 Å². The van der Waals surface area contributed by atoms with E-state index >= 15 is 0 Å². The van der Waals surface area contributed by atoms with Crippen LogP contribution >= 0.6 is 0 Å². The van der Waals surface area contributed by atoms with Crippen molar-refractivity contribution >= 4 is 11.6 Å². The van der Waals surface area contributed by atoms with Crippen molar-refractivity contribution in [3.8, 4) is 0 Å². The Hall–Kier alpha value is -2.33. The molecule has 4 nitrogen and oxygen atoms in total. The molecule has 0 aromatic heterocycles. The molecule has 1 unspecified atom stereocenters. The highest BCUT2D eigenvalue weighted by Gasteiger charge is 2.27. The number of rotatable bonds is 4. The topological polar surface area (TPSA) is 75.3 Å². The van der Waals surface area contributed by atoms with Crippen LogP contribution < -0.4 is 11.1 Å². The standard InChI is InChI=1S/C16H18N2O2/c1-16(11-19,13-5-3-2-4-6-13)18-15(20)12-7-9-14(17)10-8-12/h2-10,19H,11,17H2,1H3,(H,18,20). The Morgan fingerprint density at radius 3 is 2.30 bits per heavy atom. The molecule has 104 valence electrons. The monoisotopic (exact) mass is 270 g/mol. The van der Waals surface area contributed by atoms with Crippen LogP contribution in [-0.4, -0.2) is 17.6 Å². The molecule has 2 rings (SSSR count). The summed E-state index contributed by atoms with van der Waals surface area (Å²) in [5.41, 5.74) is 6.75. The van der Waals surface area contributed by atoms with Gasteiger partial charge in [0.25, 0.3) is 5.91 Å². The van der Waals surface area contributed by atoms with Gasteiger partial charge in [0, 0.05) is 11.3 Å². The number of hydrogen-bond acceptors (Lipinski definition) is 3. The molecule has 4 N–H and O–H groups in total. The normalized spacial score (nSPS) is 13.5. The number of benzene rings is 2. The molecule has 20 heavy (non-hydrogen) atoms. The van der Waals surface area contributed by atoms with Crippen LogP contribution in [-0.2, 0) is 5.54 Å². The number of anilines is 1. The van der Waals surface area contributed by atoms with Crippen molar-refractivity contribution in [2.45, 2.75) is 12.5 Å². The Bertz CT molecular complexity index is 581. The number of nitrogens with one attached hydrogen (secondary N) is 1. The number of nitrogen functional groups attached to an aromatic ring is 1. The van der Waals surface area contributed by atoms with E-state index in [1.54, 1.807) is 31.2 Å². The van der Waals surface area contributed by atoms with Gasteiger partial charge in [0.15, 0.2) is 0 Å². The predicted octanol–water partition coefficient (Wildman–Crippen LogP) is 1.91. The fourth-order valence-electron chi connectivity index (χ4n) is 1.97. The molecule has 0 heterocycles. The minimum absolute atomic E-state index is 0.183. The summed E-state index contributed by atoms with van der Waals surface area (Å²) >= 11 is 0. The van der Waals surface area contributed by atoms with E-state index in [0.29, 0.717) is 11.3 Å². The number of nitrogens with two attached hydrogens (primary N) is 1. The molecule has 0 spiro atoms. The summed E-state index contributed by atoms with van der Waals surface area (Å²) in [5.74, 6) is -0.245. The first-order valence-corrected chi connectivity index (χ1v) is 6.39. The summed E-state index contributed by atoms with van der Waals surface area (Å²) in [6, 6.07) is 16.1. The molecule has 0 saturated heterocycles. The molecule has 0 radical (unpaired) electrons. The highest BCUT2D eigenvalue weighted by molar-refractivity contribution is 5.95. The second-order valence-electron chi connectivity index (χ2n) is 4.93. The Morgan fingerprint density at radius 2 is 1.75 bits per heavy atom. The minimum atomic E-state index is -0.820. The van der Waals surface area contributed by atoms with E-state index < -0.39 is 5.54 Å². The van der Waals surface area contributed by atoms with Crippen molar-refractivity contribution in [1.29, 1.82) is 0 Å².